The number of anilines is 3. The fourth-order valence-corrected chi connectivity index (χ4v) is 9.07. The van der Waals surface area contributed by atoms with Crippen molar-refractivity contribution < 1.29 is 18.9 Å². The number of nitrogens with zero attached hydrogens (tertiary/aromatic N) is 10. The number of urea groups is 1. The maximum Gasteiger partial charge on any atom is 0.330 e. The van der Waals surface area contributed by atoms with Gasteiger partial charge in [-0.15, -0.1) is 0 Å². The molecule has 1 atom stereocenters. The molecule has 2 aromatic carbocycles. The molecule has 16 nitrogen and oxygen atoms in total. The lowest BCUT2D eigenvalue weighted by molar-refractivity contribution is -0.127. The van der Waals surface area contributed by atoms with Gasteiger partial charge < -0.3 is 24.6 Å². The van der Waals surface area contributed by atoms with Gasteiger partial charge in [-0.25, -0.2) is 14.8 Å². The number of imide groups is 1. The van der Waals surface area contributed by atoms with Crippen LogP contribution in [0.25, 0.3) is 33.7 Å². The molecule has 3 aliphatic rings. The van der Waals surface area contributed by atoms with Gasteiger partial charge in [-0.2, -0.15) is 4.98 Å². The van der Waals surface area contributed by atoms with Crippen LogP contribution in [0.3, 0.4) is 0 Å². The molecular weight excluding hydrogens is 809 g/mol. The number of hydrogen-bond donors (Lipinski definition) is 2. The Morgan fingerprint density at radius 2 is 1.59 bits per heavy atom. The summed E-state index contributed by atoms with van der Waals surface area (Å²) in [7, 11) is 1.55. The van der Waals surface area contributed by atoms with Crippen LogP contribution >= 0.6 is 0 Å². The number of amides is 4. The Kier molecular flexibility index (Phi) is 11.6. The molecule has 332 valence electrons. The second-order valence-corrected chi connectivity index (χ2v) is 18.4. The summed E-state index contributed by atoms with van der Waals surface area (Å²) >= 11 is 0. The molecule has 3 fully saturated rings. The van der Waals surface area contributed by atoms with Gasteiger partial charge >= 0.3 is 17.8 Å². The molecule has 4 amide bonds. The molecule has 0 radical (unpaired) electrons. The number of rotatable bonds is 10. The summed E-state index contributed by atoms with van der Waals surface area (Å²) in [5, 5.41) is 7.87. The summed E-state index contributed by atoms with van der Waals surface area (Å²) in [6.07, 6.45) is 6.20. The van der Waals surface area contributed by atoms with Gasteiger partial charge in [0.25, 0.3) is 0 Å². The predicted molar refractivity (Wildman–Crippen MR) is 246 cm³/mol. The number of carbonyl (C=O) groups is 3. The van der Waals surface area contributed by atoms with Crippen molar-refractivity contribution in [2.24, 2.45) is 5.92 Å². The van der Waals surface area contributed by atoms with Crippen molar-refractivity contribution in [2.45, 2.75) is 65.3 Å². The van der Waals surface area contributed by atoms with Crippen LogP contribution in [-0.4, -0.2) is 117 Å². The molecule has 64 heavy (non-hydrogen) atoms. The van der Waals surface area contributed by atoms with E-state index in [9.17, 15) is 14.4 Å². The number of carbonyl (C=O) groups excluding carboxylic acids is 3. The fourth-order valence-electron chi connectivity index (χ4n) is 9.07. The van der Waals surface area contributed by atoms with Crippen molar-refractivity contribution in [2.75, 3.05) is 74.1 Å². The van der Waals surface area contributed by atoms with Crippen LogP contribution in [0, 0.1) is 12.8 Å². The highest BCUT2D eigenvalue weighted by molar-refractivity contribution is 6.05. The number of fused-ring (bicyclic) bond motifs is 1. The van der Waals surface area contributed by atoms with Crippen LogP contribution in [0.15, 0.2) is 77.7 Å². The average Bonchev–Trinajstić information content (AvgIpc) is 3.99. The zero-order chi connectivity index (χ0) is 44.7. The van der Waals surface area contributed by atoms with Gasteiger partial charge in [0.2, 0.25) is 5.91 Å². The molecule has 3 aliphatic heterocycles. The van der Waals surface area contributed by atoms with Crippen molar-refractivity contribution in [3.63, 3.8) is 0 Å². The summed E-state index contributed by atoms with van der Waals surface area (Å²) in [6, 6.07) is 20.1. The zero-order valence-electron chi connectivity index (χ0n) is 37.5. The van der Waals surface area contributed by atoms with Gasteiger partial charge in [-0.3, -0.25) is 29.3 Å². The predicted octanol–water partition coefficient (Wildman–Crippen LogP) is 6.99. The summed E-state index contributed by atoms with van der Waals surface area (Å²) < 4.78 is 5.25. The molecule has 0 spiro atoms. The third kappa shape index (κ3) is 8.78. The smallest absolute Gasteiger partial charge is 0.330 e. The van der Waals surface area contributed by atoms with Gasteiger partial charge in [-0.1, -0.05) is 38.1 Å². The fraction of sp³-hybridized carbons (Fsp3) is 0.417. The molecule has 7 heterocycles. The molecule has 9 rings (SSSR count). The Morgan fingerprint density at radius 1 is 0.875 bits per heavy atom. The number of aromatic nitrogens is 6. The zero-order valence-corrected chi connectivity index (χ0v) is 37.5. The first-order chi connectivity index (χ1) is 30.8. The molecule has 16 heteroatoms. The number of H-pyrrole nitrogens is 1. The largest absolute Gasteiger partial charge is 0.372 e. The topological polar surface area (TPSA) is 173 Å². The Balaban J connectivity index is 0.766. The Hall–Kier alpha value is -6.68. The van der Waals surface area contributed by atoms with E-state index in [2.05, 4.69) is 81.5 Å². The number of piperazine rings is 1. The van der Waals surface area contributed by atoms with E-state index in [1.807, 2.05) is 65.1 Å². The second kappa shape index (κ2) is 17.5. The van der Waals surface area contributed by atoms with Crippen molar-refractivity contribution in [1.29, 1.82) is 0 Å². The van der Waals surface area contributed by atoms with Gasteiger partial charge in [0.05, 0.1) is 35.0 Å². The van der Waals surface area contributed by atoms with Gasteiger partial charge in [0, 0.05) is 93.6 Å². The number of hydrogen-bond acceptors (Lipinski definition) is 12. The quantitative estimate of drug-likeness (QED) is 0.145. The van der Waals surface area contributed by atoms with Gasteiger partial charge in [0.1, 0.15) is 12.0 Å². The lowest BCUT2D eigenvalue weighted by Gasteiger charge is -2.40. The van der Waals surface area contributed by atoms with E-state index in [1.54, 1.807) is 18.3 Å². The number of aromatic amines is 1. The Labute approximate surface area is 373 Å². The van der Waals surface area contributed by atoms with Crippen molar-refractivity contribution in [3.8, 4) is 22.6 Å². The minimum absolute atomic E-state index is 0.0504. The van der Waals surface area contributed by atoms with Gasteiger partial charge in [-0.05, 0) is 92.3 Å². The number of piperidine rings is 1. The van der Waals surface area contributed by atoms with Crippen LogP contribution in [-0.2, 0) is 10.2 Å². The molecule has 6 aromatic rings. The first-order valence-electron chi connectivity index (χ1n) is 22.3. The Morgan fingerprint density at radius 3 is 2.28 bits per heavy atom. The molecule has 0 bridgehead atoms. The summed E-state index contributed by atoms with van der Waals surface area (Å²) in [5.41, 5.74) is 8.99. The summed E-state index contributed by atoms with van der Waals surface area (Å²) in [4.78, 5) is 69.7. The molecule has 0 aliphatic carbocycles. The van der Waals surface area contributed by atoms with Crippen LogP contribution in [0.4, 0.5) is 21.9 Å². The van der Waals surface area contributed by atoms with E-state index in [0.29, 0.717) is 24.7 Å². The van der Waals surface area contributed by atoms with E-state index >= 15 is 0 Å². The van der Waals surface area contributed by atoms with Crippen molar-refractivity contribution in [1.82, 2.24) is 45.2 Å². The molecule has 2 N–H and O–H groups in total. The Bertz CT molecular complexity index is 2650. The van der Waals surface area contributed by atoms with E-state index < -0.39 is 5.91 Å². The normalized spacial score (nSPS) is 17.4. The van der Waals surface area contributed by atoms with E-state index in [4.69, 9.17) is 9.51 Å². The summed E-state index contributed by atoms with van der Waals surface area (Å²) in [5.74, 6) is 0.559. The highest BCUT2D eigenvalue weighted by Gasteiger charge is 2.31. The van der Waals surface area contributed by atoms with E-state index in [-0.39, 0.29) is 29.3 Å². The molecule has 0 unspecified atom stereocenters. The van der Waals surface area contributed by atoms with Gasteiger partial charge in [0.15, 0.2) is 5.82 Å². The standard InChI is InChI=1S/C48H56N12O4/c1-30-25-33(7-13-37(30)31(2)52-44(62)45-54-46(55-64-45)48(3,4)5)42-38-26-40(53-43(38)51-29-50-42)39-14-12-36(27-49-39)59-23-21-57(22-24-59)28-32-15-18-58(19-16-32)34-8-10-35(11-9-34)60-20-17-41(61)56(6)47(60)63/h7-14,25-27,29,31-32H,15-24,28H2,1-6H3,(H,52,62)(H,50,51,53)/t31-/m1/s1. The van der Waals surface area contributed by atoms with Crippen LogP contribution < -0.4 is 20.0 Å². The molecule has 0 saturated carbocycles. The second-order valence-electron chi connectivity index (χ2n) is 18.4. The lowest BCUT2D eigenvalue weighted by Crippen LogP contribution is -2.50. The number of pyridine rings is 1. The first kappa shape index (κ1) is 42.6. The molecule has 4 aromatic heterocycles. The average molecular weight is 865 g/mol. The third-order valence-electron chi connectivity index (χ3n) is 12.9. The minimum atomic E-state index is -0.412. The van der Waals surface area contributed by atoms with Crippen molar-refractivity contribution in [3.05, 3.63) is 96.0 Å². The van der Waals surface area contributed by atoms with Crippen molar-refractivity contribution >= 4 is 45.9 Å². The third-order valence-corrected chi connectivity index (χ3v) is 12.9. The van der Waals surface area contributed by atoms with E-state index in [1.165, 1.54) is 10.6 Å². The van der Waals surface area contributed by atoms with E-state index in [0.717, 1.165) is 115 Å². The summed E-state index contributed by atoms with van der Waals surface area (Å²) in [6.45, 7) is 17.4. The SMILES string of the molecule is Cc1cc(-c2ncnc3[nH]c(-c4ccc(N5CCN(CC6CCN(c7ccc(N8CCC(=O)N(C)C8=O)cc7)CC6)CC5)cn4)cc23)ccc1[C@@H](C)NC(=O)c1nc(C(C)(C)C)no1. The maximum absolute atomic E-state index is 12.9. The molecular formula is C48H56N12O4. The van der Waals surface area contributed by atoms with Crippen LogP contribution in [0.1, 0.15) is 80.6 Å². The highest BCUT2D eigenvalue weighted by atomic mass is 16.5. The number of benzene rings is 2. The number of aryl methyl sites for hydroxylation is 1. The minimum Gasteiger partial charge on any atom is -0.372 e. The first-order valence-corrected chi connectivity index (χ1v) is 22.3. The lowest BCUT2D eigenvalue weighted by atomic mass is 9.95. The molecule has 3 saturated heterocycles. The number of nitrogens with one attached hydrogen (secondary N) is 2. The maximum atomic E-state index is 12.9. The monoisotopic (exact) mass is 864 g/mol. The highest BCUT2D eigenvalue weighted by Crippen LogP contribution is 2.33. The van der Waals surface area contributed by atoms with Crippen LogP contribution in [0.2, 0.25) is 0 Å². The van der Waals surface area contributed by atoms with Crippen LogP contribution in [0.5, 0.6) is 0 Å².